The molecule has 1 atom stereocenters. The monoisotopic (exact) mass is 208 g/mol. The number of carboxylic acids is 1. The first-order valence-electron chi connectivity index (χ1n) is 5.33. The van der Waals surface area contributed by atoms with Crippen LogP contribution in [0.15, 0.2) is 12.1 Å². The molecule has 1 heterocycles. The first kappa shape index (κ1) is 10.2. The lowest BCUT2D eigenvalue weighted by molar-refractivity contribution is -0.138. The molecule has 0 spiro atoms. The Bertz CT molecular complexity index is 355. The van der Waals surface area contributed by atoms with Crippen molar-refractivity contribution in [3.05, 3.63) is 23.5 Å². The van der Waals surface area contributed by atoms with Crippen LogP contribution in [0.1, 0.15) is 36.7 Å². The molecular formula is C11H16N2O2. The molecule has 0 amide bonds. The van der Waals surface area contributed by atoms with Crippen molar-refractivity contribution in [3.8, 4) is 0 Å². The Morgan fingerprint density at radius 2 is 2.33 bits per heavy atom. The summed E-state index contributed by atoms with van der Waals surface area (Å²) in [6.07, 6.45) is 4.89. The van der Waals surface area contributed by atoms with Gasteiger partial charge >= 0.3 is 5.97 Å². The molecule has 4 nitrogen and oxygen atoms in total. The fourth-order valence-corrected chi connectivity index (χ4v) is 1.69. The van der Waals surface area contributed by atoms with E-state index in [9.17, 15) is 4.79 Å². The highest BCUT2D eigenvalue weighted by molar-refractivity contribution is 5.74. The summed E-state index contributed by atoms with van der Waals surface area (Å²) in [6.45, 7) is 0. The summed E-state index contributed by atoms with van der Waals surface area (Å²) >= 11 is 0. The van der Waals surface area contributed by atoms with Crippen LogP contribution in [0.5, 0.6) is 0 Å². The Kier molecular flexibility index (Phi) is 2.77. The van der Waals surface area contributed by atoms with Crippen molar-refractivity contribution >= 4 is 5.97 Å². The molecule has 0 bridgehead atoms. The van der Waals surface area contributed by atoms with Crippen molar-refractivity contribution in [2.24, 2.45) is 11.7 Å². The van der Waals surface area contributed by atoms with E-state index in [1.54, 1.807) is 6.07 Å². The molecule has 4 N–H and O–H groups in total. The average Bonchev–Trinajstić information content (AvgIpc) is 2.92. The first-order chi connectivity index (χ1) is 7.16. The van der Waals surface area contributed by atoms with Crippen molar-refractivity contribution in [2.75, 3.05) is 0 Å². The van der Waals surface area contributed by atoms with E-state index < -0.39 is 12.0 Å². The maximum atomic E-state index is 10.6. The summed E-state index contributed by atoms with van der Waals surface area (Å²) in [5.74, 6) is -0.101. The molecule has 15 heavy (non-hydrogen) atoms. The van der Waals surface area contributed by atoms with Crippen LogP contribution < -0.4 is 5.73 Å². The zero-order valence-electron chi connectivity index (χ0n) is 8.57. The van der Waals surface area contributed by atoms with Gasteiger partial charge in [-0.05, 0) is 30.9 Å². The molecule has 1 unspecified atom stereocenters. The first-order valence-corrected chi connectivity index (χ1v) is 5.33. The number of aromatic amines is 1. The highest BCUT2D eigenvalue weighted by Gasteiger charge is 2.21. The van der Waals surface area contributed by atoms with Gasteiger partial charge in [-0.3, -0.25) is 4.79 Å². The van der Waals surface area contributed by atoms with E-state index in [1.165, 1.54) is 19.3 Å². The molecule has 0 aromatic carbocycles. The van der Waals surface area contributed by atoms with Crippen LogP contribution in [0.4, 0.5) is 0 Å². The molecule has 1 fully saturated rings. The van der Waals surface area contributed by atoms with E-state index in [1.807, 2.05) is 6.07 Å². The van der Waals surface area contributed by atoms with Gasteiger partial charge in [0.25, 0.3) is 0 Å². The van der Waals surface area contributed by atoms with E-state index in [0.717, 1.165) is 18.0 Å². The van der Waals surface area contributed by atoms with Crippen LogP contribution in [0.3, 0.4) is 0 Å². The van der Waals surface area contributed by atoms with Gasteiger partial charge in [-0.15, -0.1) is 0 Å². The van der Waals surface area contributed by atoms with Crippen LogP contribution in [-0.4, -0.2) is 16.1 Å². The van der Waals surface area contributed by atoms with E-state index in [2.05, 4.69) is 4.98 Å². The van der Waals surface area contributed by atoms with E-state index in [4.69, 9.17) is 10.8 Å². The average molecular weight is 208 g/mol. The van der Waals surface area contributed by atoms with Crippen LogP contribution >= 0.6 is 0 Å². The summed E-state index contributed by atoms with van der Waals surface area (Å²) in [5, 5.41) is 8.73. The van der Waals surface area contributed by atoms with Crippen LogP contribution in [0, 0.1) is 5.92 Å². The lowest BCUT2D eigenvalue weighted by Gasteiger charge is -2.03. The van der Waals surface area contributed by atoms with Crippen LogP contribution in [0.25, 0.3) is 0 Å². The minimum Gasteiger partial charge on any atom is -0.480 e. The largest absolute Gasteiger partial charge is 0.480 e. The van der Waals surface area contributed by atoms with Crippen molar-refractivity contribution in [1.29, 1.82) is 0 Å². The topological polar surface area (TPSA) is 79.1 Å². The van der Waals surface area contributed by atoms with Crippen molar-refractivity contribution in [3.63, 3.8) is 0 Å². The van der Waals surface area contributed by atoms with E-state index in [-0.39, 0.29) is 0 Å². The molecule has 4 heteroatoms. The lowest BCUT2D eigenvalue weighted by atomic mass is 10.2. The van der Waals surface area contributed by atoms with E-state index >= 15 is 0 Å². The SMILES string of the molecule is NC(C(=O)O)c1ccc(CCC2CC2)[nH]1. The lowest BCUT2D eigenvalue weighted by Crippen LogP contribution is -2.20. The molecule has 82 valence electrons. The van der Waals surface area contributed by atoms with Gasteiger partial charge in [-0.2, -0.15) is 0 Å². The summed E-state index contributed by atoms with van der Waals surface area (Å²) in [7, 11) is 0. The Balaban J connectivity index is 1.93. The summed E-state index contributed by atoms with van der Waals surface area (Å²) in [6, 6.07) is 2.77. The Hall–Kier alpha value is -1.29. The number of carboxylic acid groups (broad SMARTS) is 1. The van der Waals surface area contributed by atoms with Gasteiger partial charge in [0, 0.05) is 11.4 Å². The molecular weight excluding hydrogens is 192 g/mol. The molecule has 1 saturated carbocycles. The third-order valence-corrected chi connectivity index (χ3v) is 2.89. The molecule has 0 saturated heterocycles. The summed E-state index contributed by atoms with van der Waals surface area (Å²) in [5.41, 5.74) is 7.17. The van der Waals surface area contributed by atoms with Crippen LogP contribution in [-0.2, 0) is 11.2 Å². The predicted molar refractivity (Wildman–Crippen MR) is 56.4 cm³/mol. The number of rotatable bonds is 5. The Morgan fingerprint density at radius 3 is 2.93 bits per heavy atom. The third kappa shape index (κ3) is 2.59. The van der Waals surface area contributed by atoms with Gasteiger partial charge in [0.05, 0.1) is 0 Å². The van der Waals surface area contributed by atoms with Crippen molar-refractivity contribution in [2.45, 2.75) is 31.7 Å². The molecule has 1 aromatic heterocycles. The van der Waals surface area contributed by atoms with Crippen molar-refractivity contribution in [1.82, 2.24) is 4.98 Å². The highest BCUT2D eigenvalue weighted by Crippen LogP contribution is 2.33. The van der Waals surface area contributed by atoms with Gasteiger partial charge < -0.3 is 15.8 Å². The molecule has 1 aliphatic rings. The number of carbonyl (C=O) groups is 1. The van der Waals surface area contributed by atoms with Gasteiger partial charge in [-0.1, -0.05) is 12.8 Å². The van der Waals surface area contributed by atoms with Gasteiger partial charge in [-0.25, -0.2) is 0 Å². The normalized spacial score (nSPS) is 17.7. The number of aryl methyl sites for hydroxylation is 1. The number of hydrogen-bond donors (Lipinski definition) is 3. The maximum Gasteiger partial charge on any atom is 0.326 e. The Labute approximate surface area is 88.5 Å². The fraction of sp³-hybridized carbons (Fsp3) is 0.545. The van der Waals surface area contributed by atoms with Crippen molar-refractivity contribution < 1.29 is 9.90 Å². The quantitative estimate of drug-likeness (QED) is 0.685. The molecule has 1 aromatic rings. The zero-order chi connectivity index (χ0) is 10.8. The van der Waals surface area contributed by atoms with Gasteiger partial charge in [0.1, 0.15) is 6.04 Å². The number of nitrogens with one attached hydrogen (secondary N) is 1. The third-order valence-electron chi connectivity index (χ3n) is 2.89. The zero-order valence-corrected chi connectivity index (χ0v) is 8.57. The standard InChI is InChI=1S/C11H16N2O2/c12-10(11(14)15)9-6-5-8(13-9)4-3-7-1-2-7/h5-7,10,13H,1-4,12H2,(H,14,15). The van der Waals surface area contributed by atoms with Crippen LogP contribution in [0.2, 0.25) is 0 Å². The van der Waals surface area contributed by atoms with E-state index in [0.29, 0.717) is 5.69 Å². The maximum absolute atomic E-state index is 10.6. The summed E-state index contributed by atoms with van der Waals surface area (Å²) < 4.78 is 0. The number of aliphatic carboxylic acids is 1. The molecule has 2 rings (SSSR count). The predicted octanol–water partition coefficient (Wildman–Crippen LogP) is 1.44. The second-order valence-electron chi connectivity index (χ2n) is 4.24. The minimum atomic E-state index is -0.995. The number of nitrogens with two attached hydrogens (primary N) is 1. The minimum absolute atomic E-state index is 0.591. The molecule has 0 aliphatic heterocycles. The second kappa shape index (κ2) is 4.06. The Morgan fingerprint density at radius 1 is 1.60 bits per heavy atom. The number of H-pyrrole nitrogens is 1. The molecule has 1 aliphatic carbocycles. The van der Waals surface area contributed by atoms with Gasteiger partial charge in [0.2, 0.25) is 0 Å². The summed E-state index contributed by atoms with van der Waals surface area (Å²) in [4.78, 5) is 13.7. The van der Waals surface area contributed by atoms with Gasteiger partial charge in [0.15, 0.2) is 0 Å². The second-order valence-corrected chi connectivity index (χ2v) is 4.24. The fourth-order valence-electron chi connectivity index (χ4n) is 1.69. The number of aromatic nitrogens is 1. The molecule has 0 radical (unpaired) electrons. The highest BCUT2D eigenvalue weighted by atomic mass is 16.4. The number of hydrogen-bond acceptors (Lipinski definition) is 2. The smallest absolute Gasteiger partial charge is 0.326 e.